The molecule has 1 aromatic rings. The lowest BCUT2D eigenvalue weighted by atomic mass is 9.71. The topological polar surface area (TPSA) is 75.3 Å². The number of carbonyl (C=O) groups is 1. The third-order valence-electron chi connectivity index (χ3n) is 6.14. The van der Waals surface area contributed by atoms with Gasteiger partial charge in [0.25, 0.3) is 0 Å². The summed E-state index contributed by atoms with van der Waals surface area (Å²) in [5.41, 5.74) is 2.41. The number of sulfonamides is 1. The van der Waals surface area contributed by atoms with Gasteiger partial charge < -0.3 is 5.32 Å². The number of hydrogen-bond acceptors (Lipinski definition) is 3. The van der Waals surface area contributed by atoms with Crippen molar-refractivity contribution in [1.29, 1.82) is 0 Å². The average molecular weight is 393 g/mol. The summed E-state index contributed by atoms with van der Waals surface area (Å²) in [6.45, 7) is 6.62. The molecule has 1 aromatic carbocycles. The molecule has 2 N–H and O–H groups in total. The molecule has 0 aliphatic heterocycles. The van der Waals surface area contributed by atoms with Crippen molar-refractivity contribution in [2.45, 2.75) is 76.8 Å². The molecule has 150 valence electrons. The van der Waals surface area contributed by atoms with Crippen LogP contribution in [0.4, 0.5) is 0 Å². The Morgan fingerprint density at radius 2 is 1.78 bits per heavy atom. The maximum absolute atomic E-state index is 12.5. The Kier molecular flexibility index (Phi) is 5.96. The van der Waals surface area contributed by atoms with Crippen molar-refractivity contribution in [3.05, 3.63) is 35.4 Å². The molecule has 1 atom stereocenters. The van der Waals surface area contributed by atoms with E-state index in [0.717, 1.165) is 44.1 Å². The third kappa shape index (κ3) is 5.11. The van der Waals surface area contributed by atoms with Gasteiger partial charge in [0.05, 0.1) is 6.04 Å². The summed E-state index contributed by atoms with van der Waals surface area (Å²) in [6, 6.07) is 7.99. The highest BCUT2D eigenvalue weighted by atomic mass is 32.2. The quantitative estimate of drug-likeness (QED) is 0.806. The fourth-order valence-corrected chi connectivity index (χ4v) is 5.70. The predicted octanol–water partition coefficient (Wildman–Crippen LogP) is 3.41. The van der Waals surface area contributed by atoms with Crippen molar-refractivity contribution in [2.75, 3.05) is 5.75 Å². The number of fused-ring (bicyclic) bond motifs is 1. The van der Waals surface area contributed by atoms with Crippen molar-refractivity contribution in [3.8, 4) is 0 Å². The molecule has 1 unspecified atom stereocenters. The summed E-state index contributed by atoms with van der Waals surface area (Å²) in [5, 5.41) is 2.96. The molecule has 0 radical (unpaired) electrons. The molecule has 0 aromatic heterocycles. The zero-order valence-corrected chi connectivity index (χ0v) is 17.4. The number of rotatable bonds is 5. The molecule has 3 rings (SSSR count). The molecule has 0 saturated heterocycles. The summed E-state index contributed by atoms with van der Waals surface area (Å²) in [6.07, 6.45) is 5.56. The van der Waals surface area contributed by atoms with Crippen molar-refractivity contribution in [3.63, 3.8) is 0 Å². The van der Waals surface area contributed by atoms with Crippen LogP contribution in [0.2, 0.25) is 0 Å². The van der Waals surface area contributed by atoms with E-state index in [1.54, 1.807) is 0 Å². The highest BCUT2D eigenvalue weighted by Crippen LogP contribution is 2.41. The Hall–Kier alpha value is -1.40. The van der Waals surface area contributed by atoms with Gasteiger partial charge in [0.1, 0.15) is 5.75 Å². The summed E-state index contributed by atoms with van der Waals surface area (Å²) < 4.78 is 27.5. The molecule has 0 spiro atoms. The van der Waals surface area contributed by atoms with Gasteiger partial charge in [0.2, 0.25) is 15.9 Å². The summed E-state index contributed by atoms with van der Waals surface area (Å²) in [5.74, 6) is -0.267. The van der Waals surface area contributed by atoms with Crippen molar-refractivity contribution >= 4 is 15.9 Å². The van der Waals surface area contributed by atoms with Crippen molar-refractivity contribution < 1.29 is 13.2 Å². The van der Waals surface area contributed by atoms with Gasteiger partial charge in [0, 0.05) is 6.04 Å². The molecular weight excluding hydrogens is 360 g/mol. The Morgan fingerprint density at radius 3 is 2.48 bits per heavy atom. The molecule has 6 heteroatoms. The van der Waals surface area contributed by atoms with Gasteiger partial charge in [-0.15, -0.1) is 0 Å². The zero-order chi connectivity index (χ0) is 19.7. The van der Waals surface area contributed by atoms with E-state index in [0.29, 0.717) is 5.92 Å². The summed E-state index contributed by atoms with van der Waals surface area (Å²) in [7, 11) is -3.61. The van der Waals surface area contributed by atoms with Crippen LogP contribution in [0.15, 0.2) is 24.3 Å². The van der Waals surface area contributed by atoms with E-state index in [2.05, 4.69) is 36.9 Å². The van der Waals surface area contributed by atoms with Crippen LogP contribution >= 0.6 is 0 Å². The maximum Gasteiger partial charge on any atom is 0.237 e. The van der Waals surface area contributed by atoms with E-state index >= 15 is 0 Å². The highest BCUT2D eigenvalue weighted by molar-refractivity contribution is 7.90. The lowest BCUT2D eigenvalue weighted by molar-refractivity contribution is -0.119. The smallest absolute Gasteiger partial charge is 0.237 e. The Bertz CT molecular complexity index is 780. The average Bonchev–Trinajstić information content (AvgIpc) is 2.59. The van der Waals surface area contributed by atoms with E-state index in [4.69, 9.17) is 0 Å². The van der Waals surface area contributed by atoms with E-state index < -0.39 is 21.7 Å². The van der Waals surface area contributed by atoms with E-state index in [-0.39, 0.29) is 17.5 Å². The first kappa shape index (κ1) is 20.3. The fraction of sp³-hybridized carbons (Fsp3) is 0.667. The van der Waals surface area contributed by atoms with Crippen LogP contribution in [0, 0.1) is 5.92 Å². The normalized spacial score (nSPS) is 27.6. The van der Waals surface area contributed by atoms with Crippen LogP contribution < -0.4 is 10.0 Å². The summed E-state index contributed by atoms with van der Waals surface area (Å²) >= 11 is 0. The SMILES string of the molecule is CC1CCC(NS(=O)(=O)CC(=O)NC2CCC(C)(C)c3ccccc32)CC1. The molecule has 0 heterocycles. The zero-order valence-electron chi connectivity index (χ0n) is 16.6. The van der Waals surface area contributed by atoms with Gasteiger partial charge in [-0.1, -0.05) is 45.0 Å². The molecule has 0 bridgehead atoms. The van der Waals surface area contributed by atoms with Crippen molar-refractivity contribution in [2.24, 2.45) is 5.92 Å². The van der Waals surface area contributed by atoms with E-state index in [1.807, 2.05) is 18.2 Å². The second kappa shape index (κ2) is 7.92. The maximum atomic E-state index is 12.5. The first-order valence-corrected chi connectivity index (χ1v) is 11.7. The number of amides is 1. The minimum atomic E-state index is -3.61. The minimum Gasteiger partial charge on any atom is -0.348 e. The second-order valence-corrected chi connectivity index (χ2v) is 10.7. The van der Waals surface area contributed by atoms with Crippen LogP contribution in [-0.2, 0) is 20.2 Å². The molecule has 5 nitrogen and oxygen atoms in total. The predicted molar refractivity (Wildman–Crippen MR) is 108 cm³/mol. The second-order valence-electron chi connectivity index (χ2n) is 8.96. The molecule has 1 amide bonds. The number of carbonyl (C=O) groups excluding carboxylic acids is 1. The fourth-order valence-electron chi connectivity index (χ4n) is 4.44. The molecule has 27 heavy (non-hydrogen) atoms. The first-order chi connectivity index (χ1) is 12.7. The first-order valence-electron chi connectivity index (χ1n) is 10.0. The van der Waals surface area contributed by atoms with Crippen LogP contribution in [0.5, 0.6) is 0 Å². The lowest BCUT2D eigenvalue weighted by Gasteiger charge is -2.37. The summed E-state index contributed by atoms with van der Waals surface area (Å²) in [4.78, 5) is 12.5. The molecule has 2 aliphatic carbocycles. The highest BCUT2D eigenvalue weighted by Gasteiger charge is 2.33. The largest absolute Gasteiger partial charge is 0.348 e. The van der Waals surface area contributed by atoms with E-state index in [9.17, 15) is 13.2 Å². The van der Waals surface area contributed by atoms with Gasteiger partial charge in [-0.25, -0.2) is 13.1 Å². The van der Waals surface area contributed by atoms with Gasteiger partial charge in [-0.2, -0.15) is 0 Å². The molecule has 1 fully saturated rings. The number of nitrogens with one attached hydrogen (secondary N) is 2. The van der Waals surface area contributed by atoms with E-state index in [1.165, 1.54) is 5.56 Å². The van der Waals surface area contributed by atoms with Crippen LogP contribution in [-0.4, -0.2) is 26.1 Å². The van der Waals surface area contributed by atoms with Gasteiger partial charge >= 0.3 is 0 Å². The Morgan fingerprint density at radius 1 is 1.11 bits per heavy atom. The van der Waals surface area contributed by atoms with Crippen LogP contribution in [0.1, 0.15) is 76.5 Å². The van der Waals surface area contributed by atoms with Gasteiger partial charge in [0.15, 0.2) is 0 Å². The Labute approximate surface area is 163 Å². The lowest BCUT2D eigenvalue weighted by Crippen LogP contribution is -2.44. The Balaban J connectivity index is 1.61. The number of hydrogen-bond donors (Lipinski definition) is 2. The number of benzene rings is 1. The molecule has 1 saturated carbocycles. The van der Waals surface area contributed by atoms with Crippen LogP contribution in [0.3, 0.4) is 0 Å². The molecular formula is C21H32N2O3S. The monoisotopic (exact) mass is 392 g/mol. The molecule has 2 aliphatic rings. The third-order valence-corrected chi connectivity index (χ3v) is 7.48. The van der Waals surface area contributed by atoms with Crippen molar-refractivity contribution in [1.82, 2.24) is 10.0 Å². The van der Waals surface area contributed by atoms with Gasteiger partial charge in [-0.05, 0) is 61.0 Å². The van der Waals surface area contributed by atoms with Crippen LogP contribution in [0.25, 0.3) is 0 Å². The standard InChI is InChI=1S/C21H32N2O3S/c1-15-8-10-16(11-9-15)23-27(25,26)14-20(24)22-19-12-13-21(2,3)18-7-5-4-6-17(18)19/h4-7,15-16,19,23H,8-14H2,1-3H3,(H,22,24). The minimum absolute atomic E-state index is 0.0322. The van der Waals surface area contributed by atoms with Gasteiger partial charge in [-0.3, -0.25) is 4.79 Å².